The van der Waals surface area contributed by atoms with Crippen LogP contribution < -0.4 is 9.64 Å². The van der Waals surface area contributed by atoms with Gasteiger partial charge in [-0.3, -0.25) is 4.90 Å². The highest BCUT2D eigenvalue weighted by Gasteiger charge is 2.41. The maximum atomic E-state index is 5.24. The van der Waals surface area contributed by atoms with Crippen LogP contribution in [0.3, 0.4) is 0 Å². The average Bonchev–Trinajstić information content (AvgIpc) is 3.26. The van der Waals surface area contributed by atoms with Crippen molar-refractivity contribution < 1.29 is 9.15 Å². The second-order valence-electron chi connectivity index (χ2n) is 7.04. The molecule has 24 heavy (non-hydrogen) atoms. The standard InChI is InChI=1S/C18H24N4O2/c1-23-17-9-16(19-14-20-17)22-6-2-4-18(13-22)5-7-21(12-18)10-15-3-8-24-11-15/h3,8-9,11,14H,2,4-7,10,12-13H2,1H3/t18-/m0/s1. The van der Waals surface area contributed by atoms with E-state index in [0.717, 1.165) is 38.5 Å². The number of ether oxygens (including phenoxy) is 1. The summed E-state index contributed by atoms with van der Waals surface area (Å²) in [6, 6.07) is 4.00. The molecule has 0 saturated carbocycles. The van der Waals surface area contributed by atoms with Crippen LogP contribution in [-0.4, -0.2) is 48.2 Å². The normalized spacial score (nSPS) is 24.6. The molecule has 0 aliphatic carbocycles. The van der Waals surface area contributed by atoms with Crippen molar-refractivity contribution in [2.24, 2.45) is 5.41 Å². The van der Waals surface area contributed by atoms with Crippen LogP contribution in [0.5, 0.6) is 5.88 Å². The number of likely N-dealkylation sites (tertiary alicyclic amines) is 1. The minimum absolute atomic E-state index is 0.375. The van der Waals surface area contributed by atoms with Gasteiger partial charge in [0, 0.05) is 43.2 Å². The summed E-state index contributed by atoms with van der Waals surface area (Å²) in [5.74, 6) is 1.61. The van der Waals surface area contributed by atoms with Crippen molar-refractivity contribution in [1.29, 1.82) is 0 Å². The third kappa shape index (κ3) is 3.11. The molecule has 2 aromatic heterocycles. The molecule has 0 radical (unpaired) electrons. The van der Waals surface area contributed by atoms with Crippen molar-refractivity contribution in [3.8, 4) is 5.88 Å². The van der Waals surface area contributed by atoms with Crippen molar-refractivity contribution in [2.45, 2.75) is 25.8 Å². The first-order valence-corrected chi connectivity index (χ1v) is 8.61. The Labute approximate surface area is 142 Å². The van der Waals surface area contributed by atoms with Gasteiger partial charge in [-0.05, 0) is 31.9 Å². The Morgan fingerprint density at radius 2 is 2.21 bits per heavy atom. The second kappa shape index (κ2) is 6.43. The van der Waals surface area contributed by atoms with Gasteiger partial charge in [0.1, 0.15) is 12.1 Å². The molecule has 2 aromatic rings. The van der Waals surface area contributed by atoms with Crippen LogP contribution in [0, 0.1) is 5.41 Å². The van der Waals surface area contributed by atoms with E-state index in [1.165, 1.54) is 24.8 Å². The van der Waals surface area contributed by atoms with Gasteiger partial charge in [0.15, 0.2) is 0 Å². The number of furan rings is 1. The summed E-state index contributed by atoms with van der Waals surface area (Å²) in [7, 11) is 1.65. The van der Waals surface area contributed by atoms with E-state index in [-0.39, 0.29) is 0 Å². The van der Waals surface area contributed by atoms with Crippen molar-refractivity contribution in [3.05, 3.63) is 36.5 Å². The lowest BCUT2D eigenvalue weighted by Gasteiger charge is -2.41. The van der Waals surface area contributed by atoms with E-state index >= 15 is 0 Å². The number of hydrogen-bond acceptors (Lipinski definition) is 6. The van der Waals surface area contributed by atoms with Crippen molar-refractivity contribution in [3.63, 3.8) is 0 Å². The van der Waals surface area contributed by atoms with Gasteiger partial charge in [-0.15, -0.1) is 0 Å². The first-order chi connectivity index (χ1) is 11.8. The number of nitrogens with zero attached hydrogens (tertiary/aromatic N) is 4. The maximum absolute atomic E-state index is 5.24. The van der Waals surface area contributed by atoms with Gasteiger partial charge < -0.3 is 14.1 Å². The lowest BCUT2D eigenvalue weighted by Crippen LogP contribution is -2.45. The first-order valence-electron chi connectivity index (χ1n) is 8.61. The lowest BCUT2D eigenvalue weighted by atomic mass is 9.79. The number of hydrogen-bond donors (Lipinski definition) is 0. The van der Waals surface area contributed by atoms with E-state index in [1.807, 2.05) is 12.3 Å². The van der Waals surface area contributed by atoms with Gasteiger partial charge in [-0.2, -0.15) is 0 Å². The molecular formula is C18H24N4O2. The summed E-state index contributed by atoms with van der Waals surface area (Å²) in [5, 5.41) is 0. The smallest absolute Gasteiger partial charge is 0.218 e. The summed E-state index contributed by atoms with van der Waals surface area (Å²) >= 11 is 0. The zero-order valence-electron chi connectivity index (χ0n) is 14.1. The molecule has 2 aliphatic heterocycles. The minimum atomic E-state index is 0.375. The van der Waals surface area contributed by atoms with Gasteiger partial charge in [-0.25, -0.2) is 9.97 Å². The molecule has 1 atom stereocenters. The Balaban J connectivity index is 1.44. The number of anilines is 1. The van der Waals surface area contributed by atoms with Gasteiger partial charge in [0.2, 0.25) is 5.88 Å². The molecule has 0 unspecified atom stereocenters. The Bertz CT molecular complexity index is 675. The summed E-state index contributed by atoms with van der Waals surface area (Å²) < 4.78 is 10.4. The molecule has 0 amide bonds. The zero-order valence-corrected chi connectivity index (χ0v) is 14.1. The van der Waals surface area contributed by atoms with Crippen molar-refractivity contribution in [1.82, 2.24) is 14.9 Å². The fourth-order valence-electron chi connectivity index (χ4n) is 4.15. The summed E-state index contributed by atoms with van der Waals surface area (Å²) in [6.45, 7) is 5.42. The van der Waals surface area contributed by atoms with Gasteiger partial charge in [-0.1, -0.05) is 0 Å². The molecule has 2 saturated heterocycles. The predicted octanol–water partition coefficient (Wildman–Crippen LogP) is 2.57. The van der Waals surface area contributed by atoms with Crippen LogP contribution in [0.15, 0.2) is 35.4 Å². The Morgan fingerprint density at radius 3 is 3.04 bits per heavy atom. The fourth-order valence-corrected chi connectivity index (χ4v) is 4.15. The van der Waals surface area contributed by atoms with Crippen LogP contribution in [0.4, 0.5) is 5.82 Å². The average molecular weight is 328 g/mol. The minimum Gasteiger partial charge on any atom is -0.481 e. The second-order valence-corrected chi connectivity index (χ2v) is 7.04. The molecule has 6 nitrogen and oxygen atoms in total. The summed E-state index contributed by atoms with van der Waals surface area (Å²) in [4.78, 5) is 13.5. The topological polar surface area (TPSA) is 54.6 Å². The van der Waals surface area contributed by atoms with E-state index < -0.39 is 0 Å². The van der Waals surface area contributed by atoms with Gasteiger partial charge in [0.05, 0.1) is 19.6 Å². The molecule has 0 aromatic carbocycles. The fraction of sp³-hybridized carbons (Fsp3) is 0.556. The lowest BCUT2D eigenvalue weighted by molar-refractivity contribution is 0.215. The zero-order chi connectivity index (χ0) is 16.4. The highest BCUT2D eigenvalue weighted by molar-refractivity contribution is 5.41. The molecule has 1 spiro atoms. The molecule has 6 heteroatoms. The number of aromatic nitrogens is 2. The highest BCUT2D eigenvalue weighted by atomic mass is 16.5. The molecule has 0 bridgehead atoms. The maximum Gasteiger partial charge on any atom is 0.218 e. The molecule has 2 fully saturated rings. The predicted molar refractivity (Wildman–Crippen MR) is 91.1 cm³/mol. The van der Waals surface area contributed by atoms with Gasteiger partial charge >= 0.3 is 0 Å². The van der Waals surface area contributed by atoms with E-state index in [4.69, 9.17) is 9.15 Å². The van der Waals surface area contributed by atoms with E-state index in [1.54, 1.807) is 19.7 Å². The summed E-state index contributed by atoms with van der Waals surface area (Å²) in [6.07, 6.45) is 8.97. The van der Waals surface area contributed by atoms with Crippen LogP contribution >= 0.6 is 0 Å². The van der Waals surface area contributed by atoms with Crippen LogP contribution in [0.25, 0.3) is 0 Å². The van der Waals surface area contributed by atoms with Crippen LogP contribution in [0.2, 0.25) is 0 Å². The molecule has 4 heterocycles. The number of methoxy groups -OCH3 is 1. The third-order valence-corrected chi connectivity index (χ3v) is 5.33. The number of piperidine rings is 1. The highest BCUT2D eigenvalue weighted by Crippen LogP contribution is 2.40. The van der Waals surface area contributed by atoms with Crippen LogP contribution in [0.1, 0.15) is 24.8 Å². The molecule has 0 N–H and O–H groups in total. The molecule has 2 aliphatic rings. The van der Waals surface area contributed by atoms with E-state index in [2.05, 4.69) is 25.8 Å². The quantitative estimate of drug-likeness (QED) is 0.860. The first kappa shape index (κ1) is 15.4. The van der Waals surface area contributed by atoms with E-state index in [0.29, 0.717) is 11.3 Å². The third-order valence-electron chi connectivity index (χ3n) is 5.33. The van der Waals surface area contributed by atoms with Crippen molar-refractivity contribution in [2.75, 3.05) is 38.2 Å². The van der Waals surface area contributed by atoms with E-state index in [9.17, 15) is 0 Å². The largest absolute Gasteiger partial charge is 0.481 e. The summed E-state index contributed by atoms with van der Waals surface area (Å²) in [5.41, 5.74) is 1.64. The Morgan fingerprint density at radius 1 is 1.25 bits per heavy atom. The molecular weight excluding hydrogens is 304 g/mol. The van der Waals surface area contributed by atoms with Gasteiger partial charge in [0.25, 0.3) is 0 Å². The van der Waals surface area contributed by atoms with Crippen LogP contribution in [-0.2, 0) is 6.54 Å². The molecule has 128 valence electrons. The monoisotopic (exact) mass is 328 g/mol. The Kier molecular flexibility index (Phi) is 4.14. The Hall–Kier alpha value is -2.08. The molecule has 4 rings (SSSR count). The SMILES string of the molecule is COc1cc(N2CCC[C@@]3(CCN(Cc4ccoc4)C3)C2)ncn1. The van der Waals surface area contributed by atoms with Crippen molar-refractivity contribution >= 4 is 5.82 Å². The number of rotatable bonds is 4.